The Kier molecular flexibility index (Phi) is 8.11. The molecule has 5 atom stereocenters. The van der Waals surface area contributed by atoms with E-state index >= 15 is 0 Å². The van der Waals surface area contributed by atoms with Crippen molar-refractivity contribution in [1.82, 2.24) is 9.80 Å². The summed E-state index contributed by atoms with van der Waals surface area (Å²) in [5, 5.41) is 8.96. The van der Waals surface area contributed by atoms with Gasteiger partial charge in [-0.1, -0.05) is 56.4 Å². The highest BCUT2D eigenvalue weighted by atomic mass is 32.2. The first-order valence-electron chi connectivity index (χ1n) is 14.0. The highest BCUT2D eigenvalue weighted by molar-refractivity contribution is 8.02. The van der Waals surface area contributed by atoms with Gasteiger partial charge in [0.2, 0.25) is 11.8 Å². The predicted octanol–water partition coefficient (Wildman–Crippen LogP) is 3.46. The first-order chi connectivity index (χ1) is 17.6. The van der Waals surface area contributed by atoms with Crippen molar-refractivity contribution in [1.29, 1.82) is 0 Å². The predicted molar refractivity (Wildman–Crippen MR) is 139 cm³/mol. The number of rotatable bonds is 7. The van der Waals surface area contributed by atoms with Crippen LogP contribution in [0, 0.1) is 11.8 Å². The maximum Gasteiger partial charge on any atom is 0.311 e. The van der Waals surface area contributed by atoms with Crippen LogP contribution in [0.1, 0.15) is 70.6 Å². The molecule has 2 amide bonds. The Labute approximate surface area is 218 Å². The molecule has 0 aromatic rings. The molecule has 36 heavy (non-hydrogen) atoms. The van der Waals surface area contributed by atoms with Crippen molar-refractivity contribution in [2.75, 3.05) is 26.3 Å². The molecule has 4 aliphatic heterocycles. The smallest absolute Gasteiger partial charge is 0.311 e. The molecule has 0 aromatic heterocycles. The number of aliphatic hydroxyl groups excluding tert-OH is 1. The van der Waals surface area contributed by atoms with Gasteiger partial charge in [0.05, 0.1) is 23.2 Å². The van der Waals surface area contributed by atoms with E-state index in [-0.39, 0.29) is 35.7 Å². The third-order valence-electron chi connectivity index (χ3n) is 8.70. The average molecular weight is 517 g/mol. The molecule has 4 heterocycles. The number of unbranched alkanes of at least 4 members (excludes halogenated alkanes) is 3. The number of carbonyl (C=O) groups excluding carboxylic acids is 3. The van der Waals surface area contributed by atoms with Crippen LogP contribution < -0.4 is 0 Å². The van der Waals surface area contributed by atoms with E-state index in [0.717, 1.165) is 64.2 Å². The number of esters is 1. The molecular formula is C28H40N2O5S. The summed E-state index contributed by atoms with van der Waals surface area (Å²) < 4.78 is 4.89. The lowest BCUT2D eigenvalue weighted by atomic mass is 9.78. The Morgan fingerprint density at radius 2 is 1.81 bits per heavy atom. The third-order valence-corrected chi connectivity index (χ3v) is 10.4. The summed E-state index contributed by atoms with van der Waals surface area (Å²) in [5.74, 6) is -1.48. The SMILES string of the molecule is O=C1OCCC/C=C\[C@H]2S[C@]34C=CCN(C5CCCCC5)C(=O)C3N(CCCCCCO)C(=O)[C@@H]4[C@@H]12. The van der Waals surface area contributed by atoms with Crippen LogP contribution in [0.5, 0.6) is 0 Å². The van der Waals surface area contributed by atoms with E-state index < -0.39 is 22.6 Å². The first-order valence-corrected chi connectivity index (χ1v) is 14.9. The quantitative estimate of drug-likeness (QED) is 0.317. The van der Waals surface area contributed by atoms with Crippen molar-refractivity contribution in [3.8, 4) is 0 Å². The zero-order chi connectivity index (χ0) is 25.1. The fourth-order valence-electron chi connectivity index (χ4n) is 6.98. The fourth-order valence-corrected chi connectivity index (χ4v) is 8.98. The Morgan fingerprint density at radius 3 is 2.61 bits per heavy atom. The second-order valence-electron chi connectivity index (χ2n) is 10.9. The number of amides is 2. The maximum atomic E-state index is 14.3. The number of ether oxygens (including phenoxy) is 1. The van der Waals surface area contributed by atoms with Gasteiger partial charge in [-0.25, -0.2) is 0 Å². The zero-order valence-electron chi connectivity index (χ0n) is 21.2. The van der Waals surface area contributed by atoms with Gasteiger partial charge in [-0.15, -0.1) is 11.8 Å². The number of hydrogen-bond acceptors (Lipinski definition) is 6. The van der Waals surface area contributed by atoms with Crippen LogP contribution in [-0.4, -0.2) is 81.1 Å². The lowest BCUT2D eigenvalue weighted by Gasteiger charge is -2.39. The third kappa shape index (κ3) is 4.64. The summed E-state index contributed by atoms with van der Waals surface area (Å²) in [6.45, 7) is 1.62. The molecule has 198 valence electrons. The van der Waals surface area contributed by atoms with E-state index in [4.69, 9.17) is 9.84 Å². The zero-order valence-corrected chi connectivity index (χ0v) is 22.0. The van der Waals surface area contributed by atoms with E-state index in [2.05, 4.69) is 24.3 Å². The summed E-state index contributed by atoms with van der Waals surface area (Å²) in [7, 11) is 0. The van der Waals surface area contributed by atoms with Crippen molar-refractivity contribution in [2.45, 2.75) is 92.7 Å². The van der Waals surface area contributed by atoms with Gasteiger partial charge in [0, 0.05) is 31.0 Å². The minimum absolute atomic E-state index is 0.0504. The van der Waals surface area contributed by atoms with Crippen molar-refractivity contribution in [3.05, 3.63) is 24.3 Å². The molecule has 5 rings (SSSR count). The van der Waals surface area contributed by atoms with Crippen molar-refractivity contribution < 1.29 is 24.2 Å². The largest absolute Gasteiger partial charge is 0.465 e. The summed E-state index contributed by atoms with van der Waals surface area (Å²) in [6.07, 6.45) is 18.9. The molecule has 1 unspecified atom stereocenters. The maximum absolute atomic E-state index is 14.3. The molecule has 5 aliphatic rings. The van der Waals surface area contributed by atoms with Crippen molar-refractivity contribution in [2.24, 2.45) is 11.8 Å². The lowest BCUT2D eigenvalue weighted by molar-refractivity contribution is -0.153. The molecule has 7 nitrogen and oxygen atoms in total. The van der Waals surface area contributed by atoms with E-state index in [1.807, 2.05) is 9.80 Å². The lowest BCUT2D eigenvalue weighted by Crippen LogP contribution is -2.55. The molecule has 0 radical (unpaired) electrons. The number of cyclic esters (lactones) is 1. The van der Waals surface area contributed by atoms with Crippen molar-refractivity contribution in [3.63, 3.8) is 0 Å². The van der Waals surface area contributed by atoms with Crippen LogP contribution in [0.2, 0.25) is 0 Å². The van der Waals surface area contributed by atoms with Gasteiger partial charge in [0.25, 0.3) is 0 Å². The van der Waals surface area contributed by atoms with Gasteiger partial charge in [0.1, 0.15) is 6.04 Å². The Morgan fingerprint density at radius 1 is 1.00 bits per heavy atom. The molecule has 8 heteroatoms. The highest BCUT2D eigenvalue weighted by Gasteiger charge is 2.71. The molecule has 0 bridgehead atoms. The van der Waals surface area contributed by atoms with E-state index in [1.54, 1.807) is 11.8 Å². The van der Waals surface area contributed by atoms with Crippen LogP contribution in [0.15, 0.2) is 24.3 Å². The molecule has 1 aliphatic carbocycles. The van der Waals surface area contributed by atoms with Crippen LogP contribution in [0.3, 0.4) is 0 Å². The van der Waals surface area contributed by atoms with Gasteiger partial charge in [0.15, 0.2) is 0 Å². The number of hydrogen-bond donors (Lipinski definition) is 1. The minimum atomic E-state index is -0.749. The monoisotopic (exact) mass is 516 g/mol. The number of aliphatic hydroxyl groups is 1. The molecule has 0 aromatic carbocycles. The van der Waals surface area contributed by atoms with Crippen LogP contribution in [0.25, 0.3) is 0 Å². The highest BCUT2D eigenvalue weighted by Crippen LogP contribution is 2.60. The number of fused-ring (bicyclic) bond motifs is 2. The Balaban J connectivity index is 1.49. The molecule has 1 N–H and O–H groups in total. The Hall–Kier alpha value is -1.80. The second kappa shape index (κ2) is 11.3. The molecule has 1 saturated carbocycles. The van der Waals surface area contributed by atoms with Gasteiger partial charge in [-0.2, -0.15) is 0 Å². The summed E-state index contributed by atoms with van der Waals surface area (Å²) in [4.78, 5) is 45.6. The van der Waals surface area contributed by atoms with Gasteiger partial charge in [-0.3, -0.25) is 14.4 Å². The number of nitrogens with zero attached hydrogens (tertiary/aromatic N) is 2. The standard InChI is InChI=1S/C28H40N2O5S/c31-18-9-2-1-8-16-30-24-26(33)29(20-12-5-3-6-13-20)17-11-15-28(24)23(25(30)32)22-21(36-28)14-7-4-10-19-35-27(22)34/h7,11,14-15,20-24,31H,1-6,8-10,12-13,16-19H2/b14-7-/t21-,22+,23+,24?,28+/m1/s1. The number of likely N-dealkylation sites (tertiary alicyclic amines) is 1. The summed E-state index contributed by atoms with van der Waals surface area (Å²) >= 11 is 1.64. The van der Waals surface area contributed by atoms with E-state index in [1.165, 1.54) is 6.42 Å². The van der Waals surface area contributed by atoms with Crippen LogP contribution in [0.4, 0.5) is 0 Å². The van der Waals surface area contributed by atoms with Gasteiger partial charge < -0.3 is 19.6 Å². The van der Waals surface area contributed by atoms with Gasteiger partial charge >= 0.3 is 5.97 Å². The topological polar surface area (TPSA) is 87.2 Å². The normalized spacial score (nSPS) is 35.9. The van der Waals surface area contributed by atoms with Crippen LogP contribution >= 0.6 is 11.8 Å². The fraction of sp³-hybridized carbons (Fsp3) is 0.750. The molecule has 2 saturated heterocycles. The van der Waals surface area contributed by atoms with Crippen LogP contribution in [-0.2, 0) is 19.1 Å². The number of thioether (sulfide) groups is 1. The summed E-state index contributed by atoms with van der Waals surface area (Å²) in [6, 6.07) is -0.366. The molecule has 3 fully saturated rings. The first kappa shape index (κ1) is 25.8. The van der Waals surface area contributed by atoms with E-state index in [9.17, 15) is 14.4 Å². The minimum Gasteiger partial charge on any atom is -0.465 e. The second-order valence-corrected chi connectivity index (χ2v) is 12.4. The molecular weight excluding hydrogens is 476 g/mol. The average Bonchev–Trinajstić information content (AvgIpc) is 3.29. The molecule has 1 spiro atoms. The Bertz CT molecular complexity index is 900. The number of carbonyl (C=O) groups is 3. The van der Waals surface area contributed by atoms with Crippen molar-refractivity contribution >= 4 is 29.5 Å². The van der Waals surface area contributed by atoms with Gasteiger partial charge in [-0.05, 0) is 38.5 Å². The number of allylic oxidation sites excluding steroid dienone is 1. The van der Waals surface area contributed by atoms with E-state index in [0.29, 0.717) is 19.7 Å². The summed E-state index contributed by atoms with van der Waals surface area (Å²) in [5.41, 5.74) is 0.